The number of fused-ring (bicyclic) bond motifs is 10. The van der Waals surface area contributed by atoms with E-state index in [0.29, 0.717) is 11.0 Å². The molecule has 0 saturated heterocycles. The first-order chi connectivity index (χ1) is 30.3. The summed E-state index contributed by atoms with van der Waals surface area (Å²) in [6, 6.07) is 23.5. The van der Waals surface area contributed by atoms with Gasteiger partial charge in [-0.05, 0) is 42.4 Å². The molecular weight excluding hydrogens is 643 g/mol. The van der Waals surface area contributed by atoms with Gasteiger partial charge in [-0.25, -0.2) is 4.98 Å². The van der Waals surface area contributed by atoms with Crippen LogP contribution >= 0.6 is 11.3 Å². The third-order valence-corrected chi connectivity index (χ3v) is 10.3. The van der Waals surface area contributed by atoms with Crippen LogP contribution in [0.15, 0.2) is 164 Å². The second kappa shape index (κ2) is 10.9. The first-order valence-electron chi connectivity index (χ1n) is 22.1. The maximum atomic E-state index is 9.30. The minimum atomic E-state index is -0.620. The first kappa shape index (κ1) is 18.9. The van der Waals surface area contributed by atoms with E-state index in [1.54, 1.807) is 4.57 Å². The van der Waals surface area contributed by atoms with Crippen molar-refractivity contribution in [2.24, 2.45) is 0 Å². The van der Waals surface area contributed by atoms with E-state index in [9.17, 15) is 1.37 Å². The maximum absolute atomic E-state index is 9.30. The van der Waals surface area contributed by atoms with Crippen molar-refractivity contribution < 1.29 is 16.4 Å². The van der Waals surface area contributed by atoms with E-state index in [2.05, 4.69) is 16.7 Å². The van der Waals surface area contributed by atoms with Gasteiger partial charge in [-0.15, -0.1) is 11.3 Å². The number of rotatable bonds is 4. The smallest absolute Gasteiger partial charge is 0.238 e. The van der Waals surface area contributed by atoms with Gasteiger partial charge in [0, 0.05) is 58.5 Å². The van der Waals surface area contributed by atoms with Crippen molar-refractivity contribution in [2.75, 3.05) is 0 Å². The fraction of sp³-hybridized carbons (Fsp3) is 0. The standard InChI is InChI=1S/C45H27N5S/c1-3-14-28(15-4-1)43-46-44(35-22-13-21-33-31-19-9-12-25-39(31)51-42(33)35)48-45(47-43)50-37-24-11-8-20-34(37)40-38(50)27-26-32-30-18-7-10-23-36(30)49(41(32)40)29-16-5-2-6-17-29/h1-27H/i1D,3D,4D,9D,12D,13D,14D,15D,19D,21D,22D,25D. The monoisotopic (exact) mass is 681 g/mol. The van der Waals surface area contributed by atoms with Gasteiger partial charge in [0.2, 0.25) is 5.95 Å². The maximum Gasteiger partial charge on any atom is 0.238 e. The minimum absolute atomic E-state index is 0.0114. The quantitative estimate of drug-likeness (QED) is 0.186. The predicted octanol–water partition coefficient (Wildman–Crippen LogP) is 11.8. The van der Waals surface area contributed by atoms with E-state index in [0.717, 1.165) is 49.6 Å². The topological polar surface area (TPSA) is 48.5 Å². The Morgan fingerprint density at radius 2 is 1.20 bits per heavy atom. The van der Waals surface area contributed by atoms with Crippen LogP contribution in [0.2, 0.25) is 0 Å². The zero-order chi connectivity index (χ0) is 43.9. The average molecular weight is 682 g/mol. The molecule has 4 aromatic heterocycles. The summed E-state index contributed by atoms with van der Waals surface area (Å²) in [6.45, 7) is 0. The number of benzene rings is 7. The Kier molecular flexibility index (Phi) is 4.06. The lowest BCUT2D eigenvalue weighted by Gasteiger charge is -2.12. The van der Waals surface area contributed by atoms with Crippen molar-refractivity contribution >= 4 is 75.1 Å². The fourth-order valence-corrected chi connectivity index (χ4v) is 8.17. The van der Waals surface area contributed by atoms with Gasteiger partial charge in [0.25, 0.3) is 0 Å². The Morgan fingerprint density at radius 1 is 0.490 bits per heavy atom. The lowest BCUT2D eigenvalue weighted by atomic mass is 10.1. The zero-order valence-electron chi connectivity index (χ0n) is 38.3. The number of hydrogen-bond donors (Lipinski definition) is 0. The van der Waals surface area contributed by atoms with Crippen LogP contribution in [0.5, 0.6) is 0 Å². The third kappa shape index (κ3) is 4.17. The van der Waals surface area contributed by atoms with E-state index in [4.69, 9.17) is 30.0 Å². The van der Waals surface area contributed by atoms with Crippen molar-refractivity contribution in [3.63, 3.8) is 0 Å². The summed E-state index contributed by atoms with van der Waals surface area (Å²) in [6.07, 6.45) is 0. The molecule has 238 valence electrons. The van der Waals surface area contributed by atoms with Gasteiger partial charge < -0.3 is 4.57 Å². The molecule has 0 fully saturated rings. The van der Waals surface area contributed by atoms with Crippen LogP contribution in [0, 0.1) is 0 Å². The third-order valence-electron chi connectivity index (χ3n) is 9.19. The minimum Gasteiger partial charge on any atom is -0.309 e. The van der Waals surface area contributed by atoms with Crippen LogP contribution in [-0.2, 0) is 0 Å². The molecule has 7 aromatic carbocycles. The van der Waals surface area contributed by atoms with Gasteiger partial charge in [-0.1, -0.05) is 121 Å². The molecule has 0 radical (unpaired) electrons. The summed E-state index contributed by atoms with van der Waals surface area (Å²) < 4.78 is 109. The number of hydrogen-bond acceptors (Lipinski definition) is 4. The van der Waals surface area contributed by atoms with Crippen molar-refractivity contribution in [3.8, 4) is 34.4 Å². The van der Waals surface area contributed by atoms with E-state index in [1.165, 1.54) is 0 Å². The normalized spacial score (nSPS) is 15.2. The highest BCUT2D eigenvalue weighted by Gasteiger charge is 2.23. The molecule has 11 aromatic rings. The second-order valence-electron chi connectivity index (χ2n) is 11.9. The summed E-state index contributed by atoms with van der Waals surface area (Å²) in [4.78, 5) is 14.6. The predicted molar refractivity (Wildman–Crippen MR) is 212 cm³/mol. The molecule has 0 aliphatic heterocycles. The van der Waals surface area contributed by atoms with Crippen LogP contribution < -0.4 is 0 Å². The lowest BCUT2D eigenvalue weighted by Crippen LogP contribution is -2.06. The highest BCUT2D eigenvalue weighted by molar-refractivity contribution is 7.26. The molecule has 0 aliphatic rings. The molecule has 0 amide bonds. The summed E-state index contributed by atoms with van der Waals surface area (Å²) in [5.74, 6) is -0.608. The Hall–Kier alpha value is -6.63. The van der Waals surface area contributed by atoms with Crippen molar-refractivity contribution in [1.29, 1.82) is 0 Å². The van der Waals surface area contributed by atoms with Crippen molar-refractivity contribution in [3.05, 3.63) is 164 Å². The molecule has 4 heterocycles. The molecule has 0 saturated carbocycles. The average Bonchev–Trinajstić information content (AvgIpc) is 3.97. The van der Waals surface area contributed by atoms with Gasteiger partial charge in [0.15, 0.2) is 11.6 Å². The van der Waals surface area contributed by atoms with Crippen LogP contribution in [0.4, 0.5) is 0 Å². The highest BCUT2D eigenvalue weighted by Crippen LogP contribution is 2.43. The van der Waals surface area contributed by atoms with E-state index >= 15 is 0 Å². The first-order valence-corrected chi connectivity index (χ1v) is 16.9. The van der Waals surface area contributed by atoms with Gasteiger partial charge in [0.1, 0.15) is 0 Å². The summed E-state index contributed by atoms with van der Waals surface area (Å²) >= 11 is 0.907. The summed E-state index contributed by atoms with van der Waals surface area (Å²) in [5, 5.41) is 3.71. The van der Waals surface area contributed by atoms with Gasteiger partial charge >= 0.3 is 0 Å². The second-order valence-corrected chi connectivity index (χ2v) is 13.0. The molecule has 6 heteroatoms. The Balaban J connectivity index is 1.32. The van der Waals surface area contributed by atoms with E-state index in [1.807, 2.05) is 78.9 Å². The number of para-hydroxylation sites is 3. The highest BCUT2D eigenvalue weighted by atomic mass is 32.1. The van der Waals surface area contributed by atoms with Crippen LogP contribution in [0.25, 0.3) is 98.2 Å². The van der Waals surface area contributed by atoms with Crippen molar-refractivity contribution in [1.82, 2.24) is 24.1 Å². The van der Waals surface area contributed by atoms with E-state index < -0.39 is 66.5 Å². The van der Waals surface area contributed by atoms with Gasteiger partial charge in [-0.2, -0.15) is 9.97 Å². The molecule has 11 rings (SSSR count). The Bertz CT molecular complexity index is 3810. The molecular formula is C45H27N5S. The van der Waals surface area contributed by atoms with Crippen LogP contribution in [0.1, 0.15) is 16.4 Å². The summed E-state index contributed by atoms with van der Waals surface area (Å²) in [5.41, 5.74) is 3.69. The molecule has 5 nitrogen and oxygen atoms in total. The largest absolute Gasteiger partial charge is 0.309 e. The van der Waals surface area contributed by atoms with Crippen molar-refractivity contribution in [2.45, 2.75) is 0 Å². The molecule has 0 atom stereocenters. The molecule has 0 aliphatic carbocycles. The number of aromatic nitrogens is 5. The lowest BCUT2D eigenvalue weighted by molar-refractivity contribution is 0.954. The molecule has 0 N–H and O–H groups in total. The molecule has 0 spiro atoms. The SMILES string of the molecule is [2H]c1c([2H])c([2H])c(-c2nc(-c3c([2H])c([2H])c([2H])c4c3sc3c([2H])c([2H])c([2H])c([2H])c34)nc(-n3c4ccccc4c4c3ccc3c5ccccc5n(-c5ccccc5)c34)n2)c([2H])c1[2H]. The fourth-order valence-electron chi connectivity index (χ4n) is 7.11. The van der Waals surface area contributed by atoms with Gasteiger partial charge in [0.05, 0.1) is 38.5 Å². The molecule has 51 heavy (non-hydrogen) atoms. The van der Waals surface area contributed by atoms with Gasteiger partial charge in [-0.3, -0.25) is 4.57 Å². The number of thiophene rings is 1. The summed E-state index contributed by atoms with van der Waals surface area (Å²) in [7, 11) is 0. The van der Waals surface area contributed by atoms with Crippen LogP contribution in [0.3, 0.4) is 0 Å². The van der Waals surface area contributed by atoms with Crippen LogP contribution in [-0.4, -0.2) is 24.1 Å². The van der Waals surface area contributed by atoms with E-state index in [-0.39, 0.29) is 54.9 Å². The molecule has 0 unspecified atom stereocenters. The Morgan fingerprint density at radius 3 is 2.06 bits per heavy atom. The zero-order valence-corrected chi connectivity index (χ0v) is 27.1. The molecule has 0 bridgehead atoms. The number of nitrogens with zero attached hydrogens (tertiary/aromatic N) is 5. The Labute approximate surface area is 313 Å².